The highest BCUT2D eigenvalue weighted by Crippen LogP contribution is 2.25. The average molecular weight is 260 g/mol. The molecule has 3 atom stereocenters. The predicted octanol–water partition coefficient (Wildman–Crippen LogP) is 0.436. The highest BCUT2D eigenvalue weighted by Gasteiger charge is 2.34. The largest absolute Gasteiger partial charge is 0.481 e. The summed E-state index contributed by atoms with van der Waals surface area (Å²) in [5.74, 6) is -0.670. The van der Waals surface area contributed by atoms with E-state index >= 15 is 0 Å². The number of carbonyl (C=O) groups is 2. The molecule has 0 aliphatic heterocycles. The van der Waals surface area contributed by atoms with Crippen LogP contribution in [0.4, 0.5) is 0 Å². The summed E-state index contributed by atoms with van der Waals surface area (Å²) in [6.07, 6.45) is 4.81. The minimum atomic E-state index is -0.828. The van der Waals surface area contributed by atoms with Crippen molar-refractivity contribution in [1.82, 2.24) is 5.32 Å². The maximum atomic E-state index is 11.7. The molecule has 0 aromatic rings. The van der Waals surface area contributed by atoms with Gasteiger partial charge < -0.3 is 16.2 Å². The molecular weight excluding hydrogens is 240 g/mol. The first-order chi connectivity index (χ1) is 8.06. The first-order valence-electron chi connectivity index (χ1n) is 5.84. The van der Waals surface area contributed by atoms with Gasteiger partial charge in [0.15, 0.2) is 0 Å². The molecule has 1 fully saturated rings. The Hall–Kier alpha value is -0.750. The van der Waals surface area contributed by atoms with Crippen LogP contribution in [0.2, 0.25) is 0 Å². The summed E-state index contributed by atoms with van der Waals surface area (Å²) >= 11 is 1.64. The van der Waals surface area contributed by atoms with Gasteiger partial charge in [0.05, 0.1) is 12.0 Å². The molecule has 5 nitrogen and oxygen atoms in total. The van der Waals surface area contributed by atoms with Crippen LogP contribution in [0.3, 0.4) is 0 Å². The van der Waals surface area contributed by atoms with Gasteiger partial charge in [-0.25, -0.2) is 0 Å². The summed E-state index contributed by atoms with van der Waals surface area (Å²) in [4.78, 5) is 22.7. The third-order valence-electron chi connectivity index (χ3n) is 3.13. The van der Waals surface area contributed by atoms with E-state index in [4.69, 9.17) is 10.8 Å². The Morgan fingerprint density at radius 1 is 1.53 bits per heavy atom. The molecule has 1 rings (SSSR count). The van der Waals surface area contributed by atoms with Crippen molar-refractivity contribution in [1.29, 1.82) is 0 Å². The fourth-order valence-electron chi connectivity index (χ4n) is 2.09. The van der Waals surface area contributed by atoms with Crippen molar-refractivity contribution in [2.45, 2.75) is 37.8 Å². The molecule has 1 aliphatic rings. The lowest BCUT2D eigenvalue weighted by atomic mass is 10.0. The number of rotatable bonds is 6. The fraction of sp³-hybridized carbons (Fsp3) is 0.818. The summed E-state index contributed by atoms with van der Waals surface area (Å²) in [5, 5.41) is 11.8. The molecular formula is C11H20N2O3S. The van der Waals surface area contributed by atoms with E-state index in [0.29, 0.717) is 12.8 Å². The van der Waals surface area contributed by atoms with Gasteiger partial charge in [-0.05, 0) is 31.3 Å². The van der Waals surface area contributed by atoms with E-state index in [-0.39, 0.29) is 11.9 Å². The van der Waals surface area contributed by atoms with Crippen molar-refractivity contribution in [3.63, 3.8) is 0 Å². The Bertz CT molecular complexity index is 286. The zero-order chi connectivity index (χ0) is 12.8. The number of nitrogens with one attached hydrogen (secondary N) is 1. The summed E-state index contributed by atoms with van der Waals surface area (Å²) in [6.45, 7) is 0. The number of carboxylic acid groups (broad SMARTS) is 1. The second kappa shape index (κ2) is 6.86. The van der Waals surface area contributed by atoms with Gasteiger partial charge in [-0.3, -0.25) is 9.59 Å². The molecule has 0 bridgehead atoms. The van der Waals surface area contributed by atoms with Crippen molar-refractivity contribution in [2.75, 3.05) is 12.0 Å². The molecule has 17 heavy (non-hydrogen) atoms. The zero-order valence-electron chi connectivity index (χ0n) is 10.0. The second-order valence-electron chi connectivity index (χ2n) is 4.38. The van der Waals surface area contributed by atoms with Gasteiger partial charge in [-0.15, -0.1) is 0 Å². The number of nitrogens with two attached hydrogens (primary N) is 1. The van der Waals surface area contributed by atoms with Crippen LogP contribution in [0.5, 0.6) is 0 Å². The van der Waals surface area contributed by atoms with Crippen molar-refractivity contribution >= 4 is 23.6 Å². The van der Waals surface area contributed by atoms with E-state index < -0.39 is 17.9 Å². The topological polar surface area (TPSA) is 92.4 Å². The third kappa shape index (κ3) is 4.20. The monoisotopic (exact) mass is 260 g/mol. The Labute approximate surface area is 106 Å². The maximum Gasteiger partial charge on any atom is 0.308 e. The SMILES string of the molecule is CSCC[C@@H](N)C(=O)NC1CCCC1C(=O)O. The molecule has 1 aliphatic carbocycles. The van der Waals surface area contributed by atoms with E-state index in [1.165, 1.54) is 0 Å². The van der Waals surface area contributed by atoms with Crippen LogP contribution < -0.4 is 11.1 Å². The van der Waals surface area contributed by atoms with E-state index in [0.717, 1.165) is 18.6 Å². The maximum absolute atomic E-state index is 11.7. The molecule has 0 aromatic heterocycles. The number of aliphatic carboxylic acids is 1. The molecule has 0 radical (unpaired) electrons. The van der Waals surface area contributed by atoms with E-state index in [9.17, 15) is 9.59 Å². The van der Waals surface area contributed by atoms with E-state index in [1.54, 1.807) is 11.8 Å². The standard InChI is InChI=1S/C11H20N2O3S/c1-17-6-5-8(12)10(14)13-9-4-2-3-7(9)11(15)16/h7-9H,2-6,12H2,1H3,(H,13,14)(H,15,16)/t7?,8-,9?/m1/s1. The van der Waals surface area contributed by atoms with Crippen molar-refractivity contribution in [3.8, 4) is 0 Å². The Morgan fingerprint density at radius 3 is 2.82 bits per heavy atom. The Balaban J connectivity index is 2.42. The Kier molecular flexibility index (Phi) is 5.77. The number of amides is 1. The van der Waals surface area contributed by atoms with Crippen molar-refractivity contribution in [3.05, 3.63) is 0 Å². The van der Waals surface area contributed by atoms with Crippen LogP contribution in [0.15, 0.2) is 0 Å². The molecule has 1 amide bonds. The lowest BCUT2D eigenvalue weighted by Gasteiger charge is -2.20. The molecule has 0 saturated heterocycles. The lowest BCUT2D eigenvalue weighted by molar-refractivity contribution is -0.142. The first kappa shape index (κ1) is 14.3. The van der Waals surface area contributed by atoms with Gasteiger partial charge >= 0.3 is 5.97 Å². The van der Waals surface area contributed by atoms with Gasteiger partial charge in [-0.2, -0.15) is 11.8 Å². The molecule has 98 valence electrons. The minimum absolute atomic E-state index is 0.225. The molecule has 0 heterocycles. The van der Waals surface area contributed by atoms with Gasteiger partial charge in [0.1, 0.15) is 0 Å². The Morgan fingerprint density at radius 2 is 2.24 bits per heavy atom. The van der Waals surface area contributed by atoms with Crippen molar-refractivity contribution in [2.24, 2.45) is 11.7 Å². The van der Waals surface area contributed by atoms with Gasteiger partial charge in [0, 0.05) is 6.04 Å². The predicted molar refractivity (Wildman–Crippen MR) is 67.9 cm³/mol. The first-order valence-corrected chi connectivity index (χ1v) is 7.23. The smallest absolute Gasteiger partial charge is 0.308 e. The quantitative estimate of drug-likeness (QED) is 0.644. The van der Waals surface area contributed by atoms with Crippen LogP contribution in [-0.2, 0) is 9.59 Å². The highest BCUT2D eigenvalue weighted by molar-refractivity contribution is 7.98. The van der Waals surface area contributed by atoms with Crippen molar-refractivity contribution < 1.29 is 14.7 Å². The van der Waals surface area contributed by atoms with Crippen LogP contribution >= 0.6 is 11.8 Å². The third-order valence-corrected chi connectivity index (χ3v) is 3.77. The number of thioether (sulfide) groups is 1. The lowest BCUT2D eigenvalue weighted by Crippen LogP contribution is -2.48. The molecule has 6 heteroatoms. The van der Waals surface area contributed by atoms with Gasteiger partial charge in [0.2, 0.25) is 5.91 Å². The van der Waals surface area contributed by atoms with E-state index in [2.05, 4.69) is 5.32 Å². The molecule has 0 spiro atoms. The molecule has 1 saturated carbocycles. The second-order valence-corrected chi connectivity index (χ2v) is 5.36. The fourth-order valence-corrected chi connectivity index (χ4v) is 2.58. The van der Waals surface area contributed by atoms with E-state index in [1.807, 2.05) is 6.26 Å². The molecule has 2 unspecified atom stereocenters. The van der Waals surface area contributed by atoms with Crippen LogP contribution in [0.1, 0.15) is 25.7 Å². The normalized spacial score (nSPS) is 25.5. The number of carbonyl (C=O) groups excluding carboxylic acids is 1. The molecule has 0 aromatic carbocycles. The summed E-state index contributed by atoms with van der Waals surface area (Å²) in [6, 6.07) is -0.780. The summed E-state index contributed by atoms with van der Waals surface area (Å²) in [5.41, 5.74) is 5.73. The highest BCUT2D eigenvalue weighted by atomic mass is 32.2. The summed E-state index contributed by atoms with van der Waals surface area (Å²) in [7, 11) is 0. The van der Waals surface area contributed by atoms with Crippen LogP contribution in [-0.4, -0.2) is 41.1 Å². The number of hydrogen-bond donors (Lipinski definition) is 3. The van der Waals surface area contributed by atoms with Crippen LogP contribution in [0, 0.1) is 5.92 Å². The summed E-state index contributed by atoms with van der Waals surface area (Å²) < 4.78 is 0. The van der Waals surface area contributed by atoms with Gasteiger partial charge in [0.25, 0.3) is 0 Å². The van der Waals surface area contributed by atoms with Gasteiger partial charge in [-0.1, -0.05) is 6.42 Å². The number of hydrogen-bond acceptors (Lipinski definition) is 4. The number of carboxylic acids is 1. The molecule has 4 N–H and O–H groups in total. The minimum Gasteiger partial charge on any atom is -0.481 e. The van der Waals surface area contributed by atoms with Crippen LogP contribution in [0.25, 0.3) is 0 Å². The average Bonchev–Trinajstić information content (AvgIpc) is 2.73. The zero-order valence-corrected chi connectivity index (χ0v) is 10.8.